The SMILES string of the molecule is CCCCC(CC)CC(NCCC)c1cnc(C)s1. The Balaban J connectivity index is 2.62. The predicted molar refractivity (Wildman–Crippen MR) is 85.8 cm³/mol. The van der Waals surface area contributed by atoms with Crippen molar-refractivity contribution in [2.45, 2.75) is 72.3 Å². The molecule has 19 heavy (non-hydrogen) atoms. The number of nitrogens with one attached hydrogen (secondary N) is 1. The third kappa shape index (κ3) is 6.05. The molecule has 0 radical (unpaired) electrons. The summed E-state index contributed by atoms with van der Waals surface area (Å²) in [6, 6.07) is 0.507. The lowest BCUT2D eigenvalue weighted by atomic mass is 9.91. The van der Waals surface area contributed by atoms with Crippen molar-refractivity contribution in [1.29, 1.82) is 0 Å². The van der Waals surface area contributed by atoms with E-state index in [4.69, 9.17) is 0 Å². The van der Waals surface area contributed by atoms with Crippen molar-refractivity contribution in [3.63, 3.8) is 0 Å². The zero-order valence-corrected chi connectivity index (χ0v) is 13.9. The quantitative estimate of drug-likeness (QED) is 0.646. The second-order valence-electron chi connectivity index (χ2n) is 5.44. The number of rotatable bonds is 10. The van der Waals surface area contributed by atoms with E-state index in [-0.39, 0.29) is 0 Å². The third-order valence-electron chi connectivity index (χ3n) is 3.74. The number of nitrogens with zero attached hydrogens (tertiary/aromatic N) is 1. The first kappa shape index (κ1) is 16.6. The molecule has 2 nitrogen and oxygen atoms in total. The van der Waals surface area contributed by atoms with E-state index in [9.17, 15) is 0 Å². The first-order chi connectivity index (χ1) is 9.21. The Morgan fingerprint density at radius 2 is 2.05 bits per heavy atom. The summed E-state index contributed by atoms with van der Waals surface area (Å²) in [5.41, 5.74) is 0. The van der Waals surface area contributed by atoms with Crippen molar-refractivity contribution >= 4 is 11.3 Å². The van der Waals surface area contributed by atoms with E-state index in [0.29, 0.717) is 6.04 Å². The summed E-state index contributed by atoms with van der Waals surface area (Å²) in [4.78, 5) is 5.84. The fourth-order valence-electron chi connectivity index (χ4n) is 2.47. The highest BCUT2D eigenvalue weighted by molar-refractivity contribution is 7.11. The van der Waals surface area contributed by atoms with E-state index in [0.717, 1.165) is 12.5 Å². The Kier molecular flexibility index (Phi) is 8.31. The summed E-state index contributed by atoms with van der Waals surface area (Å²) in [6.07, 6.45) is 9.86. The molecule has 0 aromatic carbocycles. The average molecular weight is 282 g/mol. The summed E-state index contributed by atoms with van der Waals surface area (Å²) < 4.78 is 0. The molecule has 0 fully saturated rings. The summed E-state index contributed by atoms with van der Waals surface area (Å²) in [5.74, 6) is 0.844. The summed E-state index contributed by atoms with van der Waals surface area (Å²) in [6.45, 7) is 10.0. The van der Waals surface area contributed by atoms with Crippen LogP contribution in [0, 0.1) is 12.8 Å². The molecule has 1 N–H and O–H groups in total. The molecule has 0 aliphatic rings. The molecule has 3 heteroatoms. The van der Waals surface area contributed by atoms with Crippen LogP contribution in [0.3, 0.4) is 0 Å². The summed E-state index contributed by atoms with van der Waals surface area (Å²) in [5, 5.41) is 4.89. The van der Waals surface area contributed by atoms with Crippen LogP contribution < -0.4 is 5.32 Å². The average Bonchev–Trinajstić information content (AvgIpc) is 2.84. The van der Waals surface area contributed by atoms with Crippen molar-refractivity contribution in [2.75, 3.05) is 6.54 Å². The molecular formula is C16H30N2S. The van der Waals surface area contributed by atoms with Crippen LogP contribution in [-0.2, 0) is 0 Å². The normalized spacial score (nSPS) is 14.5. The molecule has 1 aromatic rings. The van der Waals surface area contributed by atoms with Gasteiger partial charge in [0.05, 0.1) is 5.01 Å². The molecule has 0 saturated heterocycles. The van der Waals surface area contributed by atoms with Gasteiger partial charge in [0.2, 0.25) is 0 Å². The minimum atomic E-state index is 0.507. The second-order valence-corrected chi connectivity index (χ2v) is 6.71. The van der Waals surface area contributed by atoms with Crippen LogP contribution in [0.2, 0.25) is 0 Å². The fraction of sp³-hybridized carbons (Fsp3) is 0.812. The molecule has 0 aliphatic carbocycles. The molecule has 2 atom stereocenters. The lowest BCUT2D eigenvalue weighted by Crippen LogP contribution is -2.23. The summed E-state index contributed by atoms with van der Waals surface area (Å²) in [7, 11) is 0. The van der Waals surface area contributed by atoms with Crippen molar-refractivity contribution in [1.82, 2.24) is 10.3 Å². The highest BCUT2D eigenvalue weighted by Gasteiger charge is 2.18. The third-order valence-corrected chi connectivity index (χ3v) is 4.76. The van der Waals surface area contributed by atoms with Crippen molar-refractivity contribution in [3.8, 4) is 0 Å². The van der Waals surface area contributed by atoms with E-state index in [1.165, 1.54) is 48.4 Å². The topological polar surface area (TPSA) is 24.9 Å². The summed E-state index contributed by atoms with van der Waals surface area (Å²) >= 11 is 1.85. The van der Waals surface area contributed by atoms with Crippen LogP contribution in [-0.4, -0.2) is 11.5 Å². The maximum atomic E-state index is 4.42. The number of hydrogen-bond acceptors (Lipinski definition) is 3. The molecule has 1 rings (SSSR count). The van der Waals surface area contributed by atoms with Gasteiger partial charge in [-0.1, -0.05) is 46.5 Å². The van der Waals surface area contributed by atoms with Crippen molar-refractivity contribution in [2.24, 2.45) is 5.92 Å². The minimum absolute atomic E-state index is 0.507. The standard InChI is InChI=1S/C16H30N2S/c1-5-8-9-14(7-3)11-15(17-10-6-2)16-12-18-13(4)19-16/h12,14-15,17H,5-11H2,1-4H3. The molecular weight excluding hydrogens is 252 g/mol. The second kappa shape index (κ2) is 9.49. The fourth-order valence-corrected chi connectivity index (χ4v) is 3.35. The van der Waals surface area contributed by atoms with Gasteiger partial charge in [-0.15, -0.1) is 11.3 Å². The lowest BCUT2D eigenvalue weighted by molar-refractivity contribution is 0.356. The Morgan fingerprint density at radius 3 is 2.58 bits per heavy atom. The monoisotopic (exact) mass is 282 g/mol. The molecule has 1 heterocycles. The van der Waals surface area contributed by atoms with Gasteiger partial charge in [0, 0.05) is 17.1 Å². The number of unbranched alkanes of at least 4 members (excludes halogenated alkanes) is 1. The van der Waals surface area contributed by atoms with Gasteiger partial charge in [-0.05, 0) is 32.2 Å². The van der Waals surface area contributed by atoms with Crippen LogP contribution in [0.15, 0.2) is 6.20 Å². The number of hydrogen-bond donors (Lipinski definition) is 1. The molecule has 0 spiro atoms. The van der Waals surface area contributed by atoms with Crippen molar-refractivity contribution < 1.29 is 0 Å². The smallest absolute Gasteiger partial charge is 0.0897 e. The van der Waals surface area contributed by atoms with Gasteiger partial charge in [0.25, 0.3) is 0 Å². The van der Waals surface area contributed by atoms with Gasteiger partial charge < -0.3 is 5.32 Å². The zero-order chi connectivity index (χ0) is 14.1. The van der Waals surface area contributed by atoms with E-state index in [2.05, 4.69) is 44.2 Å². The Bertz CT molecular complexity index is 335. The van der Waals surface area contributed by atoms with Gasteiger partial charge in [-0.25, -0.2) is 4.98 Å². The van der Waals surface area contributed by atoms with E-state index >= 15 is 0 Å². The maximum absolute atomic E-state index is 4.42. The first-order valence-electron chi connectivity index (χ1n) is 7.86. The molecule has 0 aliphatic heterocycles. The van der Waals surface area contributed by atoms with Gasteiger partial charge in [-0.3, -0.25) is 0 Å². The maximum Gasteiger partial charge on any atom is 0.0897 e. The van der Waals surface area contributed by atoms with Gasteiger partial charge in [-0.2, -0.15) is 0 Å². The Labute approximate surface area is 123 Å². The zero-order valence-electron chi connectivity index (χ0n) is 13.0. The number of thiazole rings is 1. The van der Waals surface area contributed by atoms with Gasteiger partial charge in [0.1, 0.15) is 0 Å². The van der Waals surface area contributed by atoms with E-state index < -0.39 is 0 Å². The Morgan fingerprint density at radius 1 is 1.26 bits per heavy atom. The van der Waals surface area contributed by atoms with Crippen LogP contribution in [0.1, 0.15) is 75.2 Å². The van der Waals surface area contributed by atoms with Crippen LogP contribution in [0.4, 0.5) is 0 Å². The number of aryl methyl sites for hydroxylation is 1. The van der Waals surface area contributed by atoms with Crippen LogP contribution >= 0.6 is 11.3 Å². The molecule has 2 unspecified atom stereocenters. The van der Waals surface area contributed by atoms with Crippen LogP contribution in [0.25, 0.3) is 0 Å². The Hall–Kier alpha value is -0.410. The molecule has 1 aromatic heterocycles. The first-order valence-corrected chi connectivity index (χ1v) is 8.68. The molecule has 0 saturated carbocycles. The molecule has 0 amide bonds. The van der Waals surface area contributed by atoms with E-state index in [1.807, 2.05) is 11.3 Å². The van der Waals surface area contributed by atoms with Gasteiger partial charge in [0.15, 0.2) is 0 Å². The van der Waals surface area contributed by atoms with Gasteiger partial charge >= 0.3 is 0 Å². The molecule has 110 valence electrons. The minimum Gasteiger partial charge on any atom is -0.309 e. The lowest BCUT2D eigenvalue weighted by Gasteiger charge is -2.22. The number of aromatic nitrogens is 1. The van der Waals surface area contributed by atoms with Crippen LogP contribution in [0.5, 0.6) is 0 Å². The van der Waals surface area contributed by atoms with E-state index in [1.54, 1.807) is 0 Å². The highest BCUT2D eigenvalue weighted by atomic mass is 32.1. The van der Waals surface area contributed by atoms with Crippen molar-refractivity contribution in [3.05, 3.63) is 16.1 Å². The molecule has 0 bridgehead atoms. The highest BCUT2D eigenvalue weighted by Crippen LogP contribution is 2.29. The predicted octanol–water partition coefficient (Wildman–Crippen LogP) is 5.10. The largest absolute Gasteiger partial charge is 0.309 e.